The van der Waals surface area contributed by atoms with Gasteiger partial charge in [0, 0.05) is 23.1 Å². The lowest BCUT2D eigenvalue weighted by Gasteiger charge is -2.08. The summed E-state index contributed by atoms with van der Waals surface area (Å²) in [7, 11) is 0. The average molecular weight is 416 g/mol. The van der Waals surface area contributed by atoms with E-state index in [0.29, 0.717) is 34.3 Å². The highest BCUT2D eigenvalue weighted by Gasteiger charge is 2.10. The number of rotatable bonds is 5. The molecule has 0 atom stereocenters. The molecule has 0 heterocycles. The van der Waals surface area contributed by atoms with Crippen LogP contribution in [0, 0.1) is 0 Å². The Morgan fingerprint density at radius 1 is 0.913 bits per heavy atom. The first kappa shape index (κ1) is 17.8. The Morgan fingerprint density at radius 2 is 1.57 bits per heavy atom. The van der Waals surface area contributed by atoms with E-state index in [0.717, 1.165) is 4.47 Å². The zero-order chi connectivity index (χ0) is 16.8. The Hall–Kier alpha value is -1.56. The molecule has 0 aliphatic heterocycles. The SMILES string of the molecule is O=C(NCCNC(=O)c1ccccc1Br)c1ccc(Cl)c(Cl)c1. The van der Waals surface area contributed by atoms with Gasteiger partial charge in [0.1, 0.15) is 0 Å². The van der Waals surface area contributed by atoms with E-state index in [1.54, 1.807) is 30.3 Å². The average Bonchev–Trinajstić information content (AvgIpc) is 2.54. The Kier molecular flexibility index (Phi) is 6.45. The van der Waals surface area contributed by atoms with Crippen molar-refractivity contribution in [2.45, 2.75) is 0 Å². The van der Waals surface area contributed by atoms with Gasteiger partial charge in [-0.3, -0.25) is 9.59 Å². The number of carbonyl (C=O) groups excluding carboxylic acids is 2. The first-order valence-electron chi connectivity index (χ1n) is 6.75. The maximum absolute atomic E-state index is 12.0. The third kappa shape index (κ3) is 4.96. The Bertz CT molecular complexity index is 738. The summed E-state index contributed by atoms with van der Waals surface area (Å²) in [5, 5.41) is 6.15. The van der Waals surface area contributed by atoms with Crippen molar-refractivity contribution in [2.24, 2.45) is 0 Å². The number of hydrogen-bond donors (Lipinski definition) is 2. The predicted molar refractivity (Wildman–Crippen MR) is 95.3 cm³/mol. The molecule has 0 spiro atoms. The summed E-state index contributed by atoms with van der Waals surface area (Å²) in [6.45, 7) is 0.614. The molecule has 2 rings (SSSR count). The highest BCUT2D eigenvalue weighted by Crippen LogP contribution is 2.22. The monoisotopic (exact) mass is 414 g/mol. The zero-order valence-electron chi connectivity index (χ0n) is 11.9. The number of carbonyl (C=O) groups is 2. The maximum atomic E-state index is 12.0. The summed E-state index contributed by atoms with van der Waals surface area (Å²) in [5.74, 6) is -0.486. The van der Waals surface area contributed by atoms with Gasteiger partial charge in [-0.25, -0.2) is 0 Å². The van der Waals surface area contributed by atoms with Gasteiger partial charge in [-0.05, 0) is 46.3 Å². The lowest BCUT2D eigenvalue weighted by molar-refractivity contribution is 0.0927. The third-order valence-corrected chi connectivity index (χ3v) is 4.43. The third-order valence-electron chi connectivity index (χ3n) is 3.00. The largest absolute Gasteiger partial charge is 0.350 e. The molecule has 0 aromatic heterocycles. The second kappa shape index (κ2) is 8.34. The van der Waals surface area contributed by atoms with Crippen molar-refractivity contribution in [1.29, 1.82) is 0 Å². The summed E-state index contributed by atoms with van der Waals surface area (Å²) in [5.41, 5.74) is 0.958. The molecule has 7 heteroatoms. The summed E-state index contributed by atoms with van der Waals surface area (Å²) >= 11 is 15.0. The van der Waals surface area contributed by atoms with E-state index < -0.39 is 0 Å². The number of halogens is 3. The van der Waals surface area contributed by atoms with Crippen molar-refractivity contribution in [3.8, 4) is 0 Å². The molecular weight excluding hydrogens is 403 g/mol. The molecule has 2 amide bonds. The molecule has 0 fully saturated rings. The smallest absolute Gasteiger partial charge is 0.252 e. The van der Waals surface area contributed by atoms with Crippen molar-refractivity contribution in [2.75, 3.05) is 13.1 Å². The fraction of sp³-hybridized carbons (Fsp3) is 0.125. The fourth-order valence-electron chi connectivity index (χ4n) is 1.83. The normalized spacial score (nSPS) is 10.2. The summed E-state index contributed by atoms with van der Waals surface area (Å²) in [4.78, 5) is 23.9. The van der Waals surface area contributed by atoms with Crippen LogP contribution in [0.15, 0.2) is 46.9 Å². The molecule has 0 aliphatic rings. The number of nitrogens with one attached hydrogen (secondary N) is 2. The van der Waals surface area contributed by atoms with Crippen molar-refractivity contribution in [3.63, 3.8) is 0 Å². The van der Waals surface area contributed by atoms with Crippen molar-refractivity contribution in [1.82, 2.24) is 10.6 Å². The van der Waals surface area contributed by atoms with Crippen LogP contribution in [-0.4, -0.2) is 24.9 Å². The van der Waals surface area contributed by atoms with Crippen LogP contribution in [0.2, 0.25) is 10.0 Å². The van der Waals surface area contributed by atoms with Gasteiger partial charge < -0.3 is 10.6 Å². The van der Waals surface area contributed by atoms with Crippen LogP contribution in [0.4, 0.5) is 0 Å². The van der Waals surface area contributed by atoms with E-state index in [4.69, 9.17) is 23.2 Å². The van der Waals surface area contributed by atoms with Gasteiger partial charge in [-0.2, -0.15) is 0 Å². The standard InChI is InChI=1S/C16H13BrCl2N2O2/c17-12-4-2-1-3-11(12)16(23)21-8-7-20-15(22)10-5-6-13(18)14(19)9-10/h1-6,9H,7-8H2,(H,20,22)(H,21,23). The molecule has 120 valence electrons. The minimum atomic E-state index is -0.279. The van der Waals surface area contributed by atoms with Gasteiger partial charge in [0.05, 0.1) is 15.6 Å². The van der Waals surface area contributed by atoms with Gasteiger partial charge in [0.2, 0.25) is 0 Å². The molecule has 0 bridgehead atoms. The summed E-state index contributed by atoms with van der Waals surface area (Å²) < 4.78 is 0.720. The van der Waals surface area contributed by atoms with Gasteiger partial charge in [0.25, 0.3) is 11.8 Å². The lowest BCUT2D eigenvalue weighted by atomic mass is 10.2. The molecule has 0 saturated carbocycles. The molecule has 2 aromatic carbocycles. The Balaban J connectivity index is 1.81. The van der Waals surface area contributed by atoms with Crippen LogP contribution >= 0.6 is 39.1 Å². The first-order valence-corrected chi connectivity index (χ1v) is 8.30. The van der Waals surface area contributed by atoms with Crippen molar-refractivity contribution >= 4 is 50.9 Å². The summed E-state index contributed by atoms with van der Waals surface area (Å²) in [6, 6.07) is 11.8. The molecule has 0 saturated heterocycles. The van der Waals surface area contributed by atoms with E-state index in [-0.39, 0.29) is 11.8 Å². The Morgan fingerprint density at radius 3 is 2.22 bits per heavy atom. The second-order valence-electron chi connectivity index (χ2n) is 4.62. The fourth-order valence-corrected chi connectivity index (χ4v) is 2.60. The molecule has 4 nitrogen and oxygen atoms in total. The molecule has 0 aliphatic carbocycles. The zero-order valence-corrected chi connectivity index (χ0v) is 15.0. The molecule has 2 N–H and O–H groups in total. The maximum Gasteiger partial charge on any atom is 0.252 e. The highest BCUT2D eigenvalue weighted by molar-refractivity contribution is 9.10. The Labute approximate surface area is 152 Å². The second-order valence-corrected chi connectivity index (χ2v) is 6.29. The quantitative estimate of drug-likeness (QED) is 0.727. The van der Waals surface area contributed by atoms with Gasteiger partial charge >= 0.3 is 0 Å². The van der Waals surface area contributed by atoms with Crippen molar-refractivity contribution in [3.05, 3.63) is 68.1 Å². The lowest BCUT2D eigenvalue weighted by Crippen LogP contribution is -2.34. The van der Waals surface area contributed by atoms with Gasteiger partial charge in [-0.1, -0.05) is 35.3 Å². The van der Waals surface area contributed by atoms with Crippen LogP contribution in [0.25, 0.3) is 0 Å². The van der Waals surface area contributed by atoms with Crippen LogP contribution < -0.4 is 10.6 Å². The predicted octanol–water partition coefficient (Wildman–Crippen LogP) is 3.92. The molecule has 23 heavy (non-hydrogen) atoms. The van der Waals surface area contributed by atoms with Crippen LogP contribution in [0.5, 0.6) is 0 Å². The number of amides is 2. The van der Waals surface area contributed by atoms with E-state index in [1.807, 2.05) is 6.07 Å². The van der Waals surface area contributed by atoms with Gasteiger partial charge in [-0.15, -0.1) is 0 Å². The highest BCUT2D eigenvalue weighted by atomic mass is 79.9. The topological polar surface area (TPSA) is 58.2 Å². The minimum Gasteiger partial charge on any atom is -0.350 e. The van der Waals surface area contributed by atoms with Crippen LogP contribution in [0.1, 0.15) is 20.7 Å². The number of benzene rings is 2. The van der Waals surface area contributed by atoms with E-state index in [9.17, 15) is 9.59 Å². The van der Waals surface area contributed by atoms with Crippen molar-refractivity contribution < 1.29 is 9.59 Å². The van der Waals surface area contributed by atoms with Gasteiger partial charge in [0.15, 0.2) is 0 Å². The van der Waals surface area contributed by atoms with Crippen LogP contribution in [0.3, 0.4) is 0 Å². The van der Waals surface area contributed by atoms with E-state index in [2.05, 4.69) is 26.6 Å². The van der Waals surface area contributed by atoms with Crippen LogP contribution in [-0.2, 0) is 0 Å². The minimum absolute atomic E-state index is 0.207. The summed E-state index contributed by atoms with van der Waals surface area (Å²) in [6.07, 6.45) is 0. The molecule has 0 radical (unpaired) electrons. The van der Waals surface area contributed by atoms with E-state index in [1.165, 1.54) is 6.07 Å². The van der Waals surface area contributed by atoms with E-state index >= 15 is 0 Å². The molecule has 2 aromatic rings. The molecule has 0 unspecified atom stereocenters. The number of hydrogen-bond acceptors (Lipinski definition) is 2. The molecular formula is C16H13BrCl2N2O2. The first-order chi connectivity index (χ1) is 11.0.